The van der Waals surface area contributed by atoms with Gasteiger partial charge in [0.1, 0.15) is 5.75 Å². The lowest BCUT2D eigenvalue weighted by atomic mass is 9.91. The number of carbonyl (C=O) groups is 2. The van der Waals surface area contributed by atoms with Crippen LogP contribution in [-0.4, -0.2) is 48.4 Å². The highest BCUT2D eigenvalue weighted by atomic mass is 32.1. The Kier molecular flexibility index (Phi) is 7.99. The molecule has 6 heteroatoms. The zero-order valence-electron chi connectivity index (χ0n) is 20.0. The van der Waals surface area contributed by atoms with Gasteiger partial charge in [0.2, 0.25) is 11.8 Å². The van der Waals surface area contributed by atoms with E-state index in [0.29, 0.717) is 19.5 Å². The van der Waals surface area contributed by atoms with Crippen molar-refractivity contribution in [1.82, 2.24) is 9.80 Å². The van der Waals surface area contributed by atoms with Crippen molar-refractivity contribution in [3.63, 3.8) is 0 Å². The van der Waals surface area contributed by atoms with Gasteiger partial charge in [-0.15, -0.1) is 11.3 Å². The van der Waals surface area contributed by atoms with E-state index in [-0.39, 0.29) is 29.8 Å². The van der Waals surface area contributed by atoms with Crippen molar-refractivity contribution >= 4 is 23.2 Å². The Bertz CT molecular complexity index is 914. The molecule has 0 fully saturated rings. The number of unbranched alkanes of at least 4 members (excludes halogenated alkanes) is 1. The number of rotatable bonds is 8. The van der Waals surface area contributed by atoms with E-state index in [1.165, 1.54) is 10.4 Å². The highest BCUT2D eigenvalue weighted by Crippen LogP contribution is 2.38. The Morgan fingerprint density at radius 1 is 1.19 bits per heavy atom. The fraction of sp³-hybridized carbons (Fsp3) is 0.538. The smallest absolute Gasteiger partial charge is 0.242 e. The maximum atomic E-state index is 13.6. The lowest BCUT2D eigenvalue weighted by molar-refractivity contribution is -0.142. The van der Waals surface area contributed by atoms with E-state index in [2.05, 4.69) is 39.1 Å². The highest BCUT2D eigenvalue weighted by molar-refractivity contribution is 7.10. The molecule has 1 aromatic heterocycles. The van der Waals surface area contributed by atoms with Crippen molar-refractivity contribution in [1.29, 1.82) is 0 Å². The van der Waals surface area contributed by atoms with Gasteiger partial charge < -0.3 is 14.5 Å². The van der Waals surface area contributed by atoms with Crippen molar-refractivity contribution in [3.8, 4) is 5.75 Å². The molecule has 32 heavy (non-hydrogen) atoms. The third kappa shape index (κ3) is 5.91. The average Bonchev–Trinajstić information content (AvgIpc) is 3.23. The first kappa shape index (κ1) is 24.3. The van der Waals surface area contributed by atoms with Crippen LogP contribution in [0, 0.1) is 5.41 Å². The summed E-state index contributed by atoms with van der Waals surface area (Å²) in [5, 5.41) is 2.11. The third-order valence-electron chi connectivity index (χ3n) is 5.86. The Morgan fingerprint density at radius 3 is 2.53 bits per heavy atom. The molecule has 0 saturated heterocycles. The zero-order valence-corrected chi connectivity index (χ0v) is 20.8. The van der Waals surface area contributed by atoms with Crippen molar-refractivity contribution in [2.45, 2.75) is 59.4 Å². The summed E-state index contributed by atoms with van der Waals surface area (Å²) in [5.41, 5.74) is 2.16. The molecule has 1 unspecified atom stereocenters. The predicted molar refractivity (Wildman–Crippen MR) is 130 cm³/mol. The van der Waals surface area contributed by atoms with E-state index in [9.17, 15) is 9.59 Å². The number of ether oxygens (including phenoxy) is 1. The molecule has 2 amide bonds. The van der Waals surface area contributed by atoms with E-state index in [1.54, 1.807) is 23.3 Å². The van der Waals surface area contributed by atoms with Gasteiger partial charge in [0, 0.05) is 24.4 Å². The molecule has 2 aromatic rings. The highest BCUT2D eigenvalue weighted by Gasteiger charge is 2.34. The normalized spacial score (nSPS) is 15.9. The van der Waals surface area contributed by atoms with Gasteiger partial charge in [0.05, 0.1) is 19.7 Å². The molecular formula is C26H36N2O3S. The van der Waals surface area contributed by atoms with Crippen LogP contribution in [0.25, 0.3) is 0 Å². The average molecular weight is 457 g/mol. The van der Waals surface area contributed by atoms with Gasteiger partial charge in [-0.1, -0.05) is 46.2 Å². The number of hydrogen-bond acceptors (Lipinski definition) is 4. The number of amides is 2. The molecule has 2 heterocycles. The number of nitrogens with zero attached hydrogens (tertiary/aromatic N) is 2. The van der Waals surface area contributed by atoms with Crippen LogP contribution < -0.4 is 4.74 Å². The van der Waals surface area contributed by atoms with Gasteiger partial charge in [-0.2, -0.15) is 0 Å². The molecule has 174 valence electrons. The van der Waals surface area contributed by atoms with Crippen LogP contribution in [0.4, 0.5) is 0 Å². The van der Waals surface area contributed by atoms with Crippen LogP contribution >= 0.6 is 11.3 Å². The van der Waals surface area contributed by atoms with E-state index in [1.807, 2.05) is 29.2 Å². The van der Waals surface area contributed by atoms with Crippen LogP contribution in [0.5, 0.6) is 5.75 Å². The number of benzene rings is 1. The summed E-state index contributed by atoms with van der Waals surface area (Å²) in [6.07, 6.45) is 3.20. The first-order valence-corrected chi connectivity index (χ1v) is 12.4. The van der Waals surface area contributed by atoms with E-state index >= 15 is 0 Å². The van der Waals surface area contributed by atoms with Gasteiger partial charge in [-0.3, -0.25) is 9.59 Å². The van der Waals surface area contributed by atoms with Crippen LogP contribution in [0.1, 0.15) is 69.0 Å². The second kappa shape index (κ2) is 10.5. The third-order valence-corrected chi connectivity index (χ3v) is 6.86. The summed E-state index contributed by atoms with van der Waals surface area (Å²) in [5.74, 6) is 0.876. The molecule has 1 aliphatic rings. The largest absolute Gasteiger partial charge is 0.497 e. The van der Waals surface area contributed by atoms with Crippen LogP contribution in [0.3, 0.4) is 0 Å². The Hall–Kier alpha value is -2.34. The fourth-order valence-corrected chi connectivity index (χ4v) is 5.10. The van der Waals surface area contributed by atoms with Gasteiger partial charge in [-0.25, -0.2) is 0 Å². The monoisotopic (exact) mass is 456 g/mol. The first-order valence-electron chi connectivity index (χ1n) is 11.5. The van der Waals surface area contributed by atoms with Crippen LogP contribution in [0.2, 0.25) is 0 Å². The minimum atomic E-state index is -0.130. The van der Waals surface area contributed by atoms with Crippen molar-refractivity contribution < 1.29 is 14.3 Å². The number of carbonyl (C=O) groups excluding carboxylic acids is 2. The molecule has 0 bridgehead atoms. The van der Waals surface area contributed by atoms with Gasteiger partial charge in [0.25, 0.3) is 0 Å². The molecule has 0 N–H and O–H groups in total. The predicted octanol–water partition coefficient (Wildman–Crippen LogP) is 5.30. The molecule has 1 aliphatic heterocycles. The second-order valence-corrected chi connectivity index (χ2v) is 10.7. The summed E-state index contributed by atoms with van der Waals surface area (Å²) in [6.45, 7) is 9.73. The minimum Gasteiger partial charge on any atom is -0.497 e. The van der Waals surface area contributed by atoms with Crippen molar-refractivity contribution in [3.05, 3.63) is 51.7 Å². The van der Waals surface area contributed by atoms with Crippen LogP contribution in [0.15, 0.2) is 35.7 Å². The van der Waals surface area contributed by atoms with Gasteiger partial charge in [-0.05, 0) is 53.0 Å². The molecule has 0 spiro atoms. The quantitative estimate of drug-likeness (QED) is 0.542. The van der Waals surface area contributed by atoms with Crippen LogP contribution in [-0.2, 0) is 16.0 Å². The fourth-order valence-electron chi connectivity index (χ4n) is 4.19. The Morgan fingerprint density at radius 2 is 1.91 bits per heavy atom. The Labute approximate surface area is 196 Å². The maximum absolute atomic E-state index is 13.6. The number of methoxy groups -OCH3 is 1. The number of hydrogen-bond donors (Lipinski definition) is 0. The molecule has 1 atom stereocenters. The standard InChI is InChI=1S/C26H36N2O3S/c1-6-7-14-27(23(29)17-26(2,3)4)18-24(30)28-15-12-22-21(13-16-32-22)25(28)19-8-10-20(31-5)11-9-19/h8-11,13,16,25H,6-7,12,14-15,17-18H2,1-5H3. The summed E-state index contributed by atoms with van der Waals surface area (Å²) < 4.78 is 5.32. The molecule has 5 nitrogen and oxygen atoms in total. The van der Waals surface area contributed by atoms with E-state index < -0.39 is 0 Å². The van der Waals surface area contributed by atoms with Gasteiger partial charge >= 0.3 is 0 Å². The van der Waals surface area contributed by atoms with Crippen molar-refractivity contribution in [2.75, 3.05) is 26.7 Å². The SMILES string of the molecule is CCCCN(CC(=O)N1CCc2sccc2C1c1ccc(OC)cc1)C(=O)CC(C)(C)C. The molecule has 0 aliphatic carbocycles. The summed E-state index contributed by atoms with van der Waals surface area (Å²) in [6, 6.07) is 9.97. The molecule has 1 aromatic carbocycles. The minimum absolute atomic E-state index is 0.0148. The molecule has 3 rings (SSSR count). The second-order valence-electron chi connectivity index (χ2n) is 9.72. The summed E-state index contributed by atoms with van der Waals surface area (Å²) in [4.78, 5) is 31.7. The molecular weight excluding hydrogens is 420 g/mol. The summed E-state index contributed by atoms with van der Waals surface area (Å²) >= 11 is 1.75. The van der Waals surface area contributed by atoms with Crippen molar-refractivity contribution in [2.24, 2.45) is 5.41 Å². The Balaban J connectivity index is 1.85. The topological polar surface area (TPSA) is 49.9 Å². The number of fused-ring (bicyclic) bond motifs is 1. The lowest BCUT2D eigenvalue weighted by Gasteiger charge is -2.38. The van der Waals surface area contributed by atoms with E-state index in [4.69, 9.17) is 4.74 Å². The molecule has 0 saturated carbocycles. The zero-order chi connectivity index (χ0) is 23.3. The molecule has 0 radical (unpaired) electrons. The number of thiophene rings is 1. The van der Waals surface area contributed by atoms with E-state index in [0.717, 1.165) is 30.6 Å². The van der Waals surface area contributed by atoms with Gasteiger partial charge in [0.15, 0.2) is 0 Å². The lowest BCUT2D eigenvalue weighted by Crippen LogP contribution is -2.47. The first-order chi connectivity index (χ1) is 15.2. The maximum Gasteiger partial charge on any atom is 0.242 e. The summed E-state index contributed by atoms with van der Waals surface area (Å²) in [7, 11) is 1.65.